The van der Waals surface area contributed by atoms with Gasteiger partial charge in [-0.25, -0.2) is 0 Å². The lowest BCUT2D eigenvalue weighted by atomic mass is 10.0. The molecule has 1 fully saturated rings. The summed E-state index contributed by atoms with van der Waals surface area (Å²) in [5.74, 6) is 0.481. The summed E-state index contributed by atoms with van der Waals surface area (Å²) < 4.78 is 5.81. The maximum atomic E-state index is 12.7. The first kappa shape index (κ1) is 16.8. The molecule has 1 saturated heterocycles. The number of rotatable bonds is 4. The predicted octanol–water partition coefficient (Wildman–Crippen LogP) is 1.83. The minimum absolute atomic E-state index is 0.00486. The molecule has 2 unspecified atom stereocenters. The van der Waals surface area contributed by atoms with Gasteiger partial charge in [-0.3, -0.25) is 14.5 Å². The van der Waals surface area contributed by atoms with E-state index in [2.05, 4.69) is 0 Å². The van der Waals surface area contributed by atoms with Crippen molar-refractivity contribution in [2.75, 3.05) is 24.5 Å². The molecular formula is C18H25N3O3. The Hall–Kier alpha value is -2.08. The maximum Gasteiger partial charge on any atom is 0.268 e. The van der Waals surface area contributed by atoms with Crippen LogP contribution in [0.4, 0.5) is 5.69 Å². The van der Waals surface area contributed by atoms with Crippen molar-refractivity contribution in [1.82, 2.24) is 4.90 Å². The lowest BCUT2D eigenvalue weighted by Gasteiger charge is -2.35. The average molecular weight is 331 g/mol. The molecule has 24 heavy (non-hydrogen) atoms. The number of nitrogens with zero attached hydrogens (tertiary/aromatic N) is 2. The molecule has 1 aromatic carbocycles. The second-order valence-electron chi connectivity index (χ2n) is 6.54. The molecule has 2 aliphatic heterocycles. The van der Waals surface area contributed by atoms with Crippen molar-refractivity contribution < 1.29 is 14.3 Å². The first-order valence-electron chi connectivity index (χ1n) is 8.66. The molecule has 0 radical (unpaired) electrons. The van der Waals surface area contributed by atoms with Crippen molar-refractivity contribution in [3.05, 3.63) is 23.8 Å². The third kappa shape index (κ3) is 3.11. The van der Waals surface area contributed by atoms with Crippen LogP contribution in [-0.4, -0.2) is 42.5 Å². The van der Waals surface area contributed by atoms with Crippen molar-refractivity contribution >= 4 is 17.5 Å². The third-order valence-corrected chi connectivity index (χ3v) is 4.73. The Morgan fingerprint density at radius 3 is 2.71 bits per heavy atom. The van der Waals surface area contributed by atoms with Crippen LogP contribution in [0.2, 0.25) is 0 Å². The number of carbonyl (C=O) groups is 2. The summed E-state index contributed by atoms with van der Waals surface area (Å²) >= 11 is 0. The zero-order chi connectivity index (χ0) is 17.3. The van der Waals surface area contributed by atoms with Gasteiger partial charge in [0.05, 0.1) is 5.69 Å². The Morgan fingerprint density at radius 2 is 2.08 bits per heavy atom. The molecule has 130 valence electrons. The number of ether oxygens (including phenoxy) is 1. The molecule has 6 heteroatoms. The van der Waals surface area contributed by atoms with E-state index in [4.69, 9.17) is 10.5 Å². The van der Waals surface area contributed by atoms with Crippen molar-refractivity contribution in [1.29, 1.82) is 0 Å². The topological polar surface area (TPSA) is 75.9 Å². The molecule has 0 aliphatic carbocycles. The SMILES string of the molecule is CCC1Oc2ccc(C(C)N)cc2N(CC(=O)N2CCCC2)C1=O. The van der Waals surface area contributed by atoms with Crippen LogP contribution in [-0.2, 0) is 9.59 Å². The highest BCUT2D eigenvalue weighted by molar-refractivity contribution is 6.04. The maximum absolute atomic E-state index is 12.7. The van der Waals surface area contributed by atoms with E-state index in [0.717, 1.165) is 31.5 Å². The smallest absolute Gasteiger partial charge is 0.268 e. The molecule has 2 aliphatic rings. The molecule has 1 aromatic rings. The lowest BCUT2D eigenvalue weighted by Crippen LogP contribution is -2.50. The Kier molecular flexibility index (Phi) is 4.76. The fourth-order valence-corrected chi connectivity index (χ4v) is 3.25. The van der Waals surface area contributed by atoms with Crippen LogP contribution in [0.5, 0.6) is 5.75 Å². The molecule has 2 amide bonds. The zero-order valence-electron chi connectivity index (χ0n) is 14.3. The molecule has 2 heterocycles. The lowest BCUT2D eigenvalue weighted by molar-refractivity contribution is -0.132. The van der Waals surface area contributed by atoms with Crippen molar-refractivity contribution in [3.63, 3.8) is 0 Å². The van der Waals surface area contributed by atoms with Crippen LogP contribution in [0.15, 0.2) is 18.2 Å². The summed E-state index contributed by atoms with van der Waals surface area (Å²) in [4.78, 5) is 28.7. The standard InChI is InChI=1S/C18H25N3O3/c1-3-15-18(23)21(11-17(22)20-8-4-5-9-20)14-10-13(12(2)19)6-7-16(14)24-15/h6-7,10,12,15H,3-5,8-9,11,19H2,1-2H3. The number of nitrogens with two attached hydrogens (primary N) is 1. The fourth-order valence-electron chi connectivity index (χ4n) is 3.25. The van der Waals surface area contributed by atoms with Crippen LogP contribution in [0.25, 0.3) is 0 Å². The predicted molar refractivity (Wildman–Crippen MR) is 91.9 cm³/mol. The van der Waals surface area contributed by atoms with Gasteiger partial charge in [-0.15, -0.1) is 0 Å². The quantitative estimate of drug-likeness (QED) is 0.913. The van der Waals surface area contributed by atoms with E-state index in [-0.39, 0.29) is 24.4 Å². The monoisotopic (exact) mass is 331 g/mol. The molecule has 3 rings (SSSR count). The summed E-state index contributed by atoms with van der Waals surface area (Å²) in [6, 6.07) is 5.47. The number of hydrogen-bond acceptors (Lipinski definition) is 4. The van der Waals surface area contributed by atoms with Gasteiger partial charge in [0.25, 0.3) is 5.91 Å². The average Bonchev–Trinajstić information content (AvgIpc) is 3.11. The van der Waals surface area contributed by atoms with E-state index >= 15 is 0 Å². The Bertz CT molecular complexity index is 638. The molecule has 0 bridgehead atoms. The number of carbonyl (C=O) groups excluding carboxylic acids is 2. The van der Waals surface area contributed by atoms with Gasteiger partial charge < -0.3 is 15.4 Å². The minimum atomic E-state index is -0.537. The van der Waals surface area contributed by atoms with Gasteiger partial charge in [-0.2, -0.15) is 0 Å². The van der Waals surface area contributed by atoms with E-state index in [1.807, 2.05) is 36.9 Å². The number of benzene rings is 1. The Labute approximate surface area is 142 Å². The van der Waals surface area contributed by atoms with Crippen LogP contribution >= 0.6 is 0 Å². The summed E-state index contributed by atoms with van der Waals surface area (Å²) in [5, 5.41) is 0. The summed E-state index contributed by atoms with van der Waals surface area (Å²) in [6.07, 6.45) is 2.10. The molecule has 0 saturated carbocycles. The van der Waals surface area contributed by atoms with E-state index < -0.39 is 6.10 Å². The number of fused-ring (bicyclic) bond motifs is 1. The van der Waals surface area contributed by atoms with Crippen LogP contribution in [0, 0.1) is 0 Å². The third-order valence-electron chi connectivity index (χ3n) is 4.73. The highest BCUT2D eigenvalue weighted by Crippen LogP contribution is 2.36. The molecule has 0 aromatic heterocycles. The Balaban J connectivity index is 1.91. The summed E-state index contributed by atoms with van der Waals surface area (Å²) in [7, 11) is 0. The van der Waals surface area contributed by atoms with Crippen LogP contribution < -0.4 is 15.4 Å². The van der Waals surface area contributed by atoms with Gasteiger partial charge in [0, 0.05) is 19.1 Å². The van der Waals surface area contributed by atoms with E-state index in [0.29, 0.717) is 17.9 Å². The second kappa shape index (κ2) is 6.81. The Morgan fingerprint density at radius 1 is 1.38 bits per heavy atom. The number of likely N-dealkylation sites (tertiary alicyclic amines) is 1. The number of amides is 2. The first-order chi connectivity index (χ1) is 11.5. The molecule has 6 nitrogen and oxygen atoms in total. The normalized spacial score (nSPS) is 21.5. The van der Waals surface area contributed by atoms with Crippen molar-refractivity contribution in [2.45, 2.75) is 45.3 Å². The second-order valence-corrected chi connectivity index (χ2v) is 6.54. The van der Waals surface area contributed by atoms with Crippen LogP contribution in [0.1, 0.15) is 44.7 Å². The van der Waals surface area contributed by atoms with Gasteiger partial charge in [0.1, 0.15) is 12.3 Å². The van der Waals surface area contributed by atoms with Gasteiger partial charge in [-0.1, -0.05) is 13.0 Å². The van der Waals surface area contributed by atoms with E-state index in [1.54, 1.807) is 4.90 Å². The zero-order valence-corrected chi connectivity index (χ0v) is 14.3. The number of hydrogen-bond donors (Lipinski definition) is 1. The fraction of sp³-hybridized carbons (Fsp3) is 0.556. The van der Waals surface area contributed by atoms with Crippen molar-refractivity contribution in [3.8, 4) is 5.75 Å². The van der Waals surface area contributed by atoms with Gasteiger partial charge in [-0.05, 0) is 43.9 Å². The highest BCUT2D eigenvalue weighted by Gasteiger charge is 2.35. The van der Waals surface area contributed by atoms with Gasteiger partial charge in [0.15, 0.2) is 6.10 Å². The molecule has 2 N–H and O–H groups in total. The molecule has 2 atom stereocenters. The van der Waals surface area contributed by atoms with Gasteiger partial charge >= 0.3 is 0 Å². The first-order valence-corrected chi connectivity index (χ1v) is 8.66. The number of anilines is 1. The summed E-state index contributed by atoms with van der Waals surface area (Å²) in [6.45, 7) is 5.42. The summed E-state index contributed by atoms with van der Waals surface area (Å²) in [5.41, 5.74) is 7.52. The van der Waals surface area contributed by atoms with Crippen molar-refractivity contribution in [2.24, 2.45) is 5.73 Å². The van der Waals surface area contributed by atoms with E-state index in [1.165, 1.54) is 0 Å². The minimum Gasteiger partial charge on any atom is -0.478 e. The van der Waals surface area contributed by atoms with Gasteiger partial charge in [0.2, 0.25) is 5.91 Å². The van der Waals surface area contributed by atoms with Crippen LogP contribution in [0.3, 0.4) is 0 Å². The van der Waals surface area contributed by atoms with E-state index in [9.17, 15) is 9.59 Å². The highest BCUT2D eigenvalue weighted by atomic mass is 16.5. The molecular weight excluding hydrogens is 306 g/mol. The molecule has 0 spiro atoms. The largest absolute Gasteiger partial charge is 0.478 e.